The molecule has 4 aromatic rings. The zero-order chi connectivity index (χ0) is 25.4. The molecule has 1 aromatic carbocycles. The monoisotopic (exact) mass is 483 g/mol. The lowest BCUT2D eigenvalue weighted by Crippen LogP contribution is -2.33. The van der Waals surface area contributed by atoms with Gasteiger partial charge in [0.15, 0.2) is 0 Å². The van der Waals surface area contributed by atoms with Crippen LogP contribution >= 0.6 is 0 Å². The number of aromatic nitrogens is 4. The topological polar surface area (TPSA) is 66.8 Å². The largest absolute Gasteiger partial charge is 0.354 e. The molecule has 6 nitrogen and oxygen atoms in total. The Bertz CT molecular complexity index is 1420. The van der Waals surface area contributed by atoms with E-state index >= 15 is 0 Å². The Labute approximate surface area is 213 Å². The molecule has 36 heavy (non-hydrogen) atoms. The van der Waals surface area contributed by atoms with Crippen LogP contribution in [0.4, 0.5) is 0 Å². The fourth-order valence-corrected chi connectivity index (χ4v) is 5.70. The Balaban J connectivity index is 1.57. The smallest absolute Gasteiger partial charge is 0.258 e. The zero-order valence-electron chi connectivity index (χ0n) is 22.1. The predicted octanol–water partition coefficient (Wildman–Crippen LogP) is 6.01. The number of piperidine rings is 1. The summed E-state index contributed by atoms with van der Waals surface area (Å²) in [6.07, 6.45) is 9.07. The summed E-state index contributed by atoms with van der Waals surface area (Å²) in [5.74, 6) is 1.64. The number of rotatable bonds is 6. The molecule has 0 unspecified atom stereocenters. The van der Waals surface area contributed by atoms with Crippen LogP contribution < -0.4 is 5.56 Å². The number of pyridine rings is 1. The van der Waals surface area contributed by atoms with Crippen molar-refractivity contribution in [3.63, 3.8) is 0 Å². The molecule has 4 heterocycles. The second-order valence-corrected chi connectivity index (χ2v) is 10.6. The van der Waals surface area contributed by atoms with Gasteiger partial charge in [0.05, 0.1) is 11.3 Å². The van der Waals surface area contributed by atoms with Crippen LogP contribution in [0.25, 0.3) is 33.3 Å². The van der Waals surface area contributed by atoms with E-state index in [0.717, 1.165) is 22.3 Å². The highest BCUT2D eigenvalue weighted by Crippen LogP contribution is 2.38. The zero-order valence-corrected chi connectivity index (χ0v) is 22.1. The van der Waals surface area contributed by atoms with Crippen molar-refractivity contribution < 1.29 is 0 Å². The minimum Gasteiger partial charge on any atom is -0.354 e. The standard InChI is InChI=1S/C30H37N5O/c1-6-11-35-12-9-21(10-13-35)22-7-8-27-26(14-22)28(19(2)3)29(33-27)23-15-25(30(36)34(5)18-23)24-16-31-20(4)32-17-24/h7-8,14-19,21,33H,6,9-13H2,1-5H3. The first-order valence-corrected chi connectivity index (χ1v) is 13.2. The van der Waals surface area contributed by atoms with Crippen LogP contribution in [-0.4, -0.2) is 44.1 Å². The van der Waals surface area contributed by atoms with E-state index in [2.05, 4.69) is 58.8 Å². The quantitative estimate of drug-likeness (QED) is 0.365. The summed E-state index contributed by atoms with van der Waals surface area (Å²) >= 11 is 0. The highest BCUT2D eigenvalue weighted by Gasteiger charge is 2.23. The van der Waals surface area contributed by atoms with Crippen LogP contribution in [0.15, 0.2) is 47.7 Å². The fraction of sp³-hybridized carbons (Fsp3) is 0.433. The molecular formula is C30H37N5O. The van der Waals surface area contributed by atoms with E-state index in [9.17, 15) is 4.79 Å². The Hall–Kier alpha value is -3.25. The van der Waals surface area contributed by atoms with Crippen LogP contribution in [0, 0.1) is 6.92 Å². The number of nitrogens with zero attached hydrogens (tertiary/aromatic N) is 4. The number of H-pyrrole nitrogens is 1. The van der Waals surface area contributed by atoms with Gasteiger partial charge in [0, 0.05) is 47.7 Å². The number of benzene rings is 1. The molecule has 0 amide bonds. The average Bonchev–Trinajstić information content (AvgIpc) is 3.26. The Morgan fingerprint density at radius 3 is 2.47 bits per heavy atom. The van der Waals surface area contributed by atoms with Gasteiger partial charge < -0.3 is 14.5 Å². The molecule has 5 rings (SSSR count). The predicted molar refractivity (Wildman–Crippen MR) is 148 cm³/mol. The van der Waals surface area contributed by atoms with Gasteiger partial charge in [-0.2, -0.15) is 0 Å². The number of hydrogen-bond donors (Lipinski definition) is 1. The molecular weight excluding hydrogens is 446 g/mol. The first kappa shape index (κ1) is 24.4. The van der Waals surface area contributed by atoms with E-state index in [1.54, 1.807) is 17.0 Å². The maximum Gasteiger partial charge on any atom is 0.258 e. The molecule has 0 saturated carbocycles. The first-order valence-electron chi connectivity index (χ1n) is 13.2. The summed E-state index contributed by atoms with van der Waals surface area (Å²) in [7, 11) is 1.81. The fourth-order valence-electron chi connectivity index (χ4n) is 5.70. The minimum absolute atomic E-state index is 0.0508. The molecule has 188 valence electrons. The molecule has 1 N–H and O–H groups in total. The molecule has 1 saturated heterocycles. The third kappa shape index (κ3) is 4.62. The summed E-state index contributed by atoms with van der Waals surface area (Å²) in [4.78, 5) is 27.9. The lowest BCUT2D eigenvalue weighted by Gasteiger charge is -2.32. The van der Waals surface area contributed by atoms with Gasteiger partial charge in [-0.3, -0.25) is 4.79 Å². The van der Waals surface area contributed by atoms with E-state index < -0.39 is 0 Å². The molecule has 6 heteroatoms. The molecule has 0 bridgehead atoms. The van der Waals surface area contributed by atoms with Gasteiger partial charge in [0.1, 0.15) is 5.82 Å². The third-order valence-electron chi connectivity index (χ3n) is 7.60. The van der Waals surface area contributed by atoms with E-state index in [-0.39, 0.29) is 5.56 Å². The molecule has 1 fully saturated rings. The third-order valence-corrected chi connectivity index (χ3v) is 7.60. The van der Waals surface area contributed by atoms with E-state index in [1.165, 1.54) is 55.4 Å². The number of likely N-dealkylation sites (tertiary alicyclic amines) is 1. The Morgan fingerprint density at radius 2 is 1.81 bits per heavy atom. The molecule has 1 aliphatic heterocycles. The number of aryl methyl sites for hydroxylation is 2. The van der Waals surface area contributed by atoms with Crippen LogP contribution in [0.2, 0.25) is 0 Å². The minimum atomic E-state index is -0.0508. The second-order valence-electron chi connectivity index (χ2n) is 10.6. The van der Waals surface area contributed by atoms with Gasteiger partial charge in [0.25, 0.3) is 5.56 Å². The summed E-state index contributed by atoms with van der Waals surface area (Å²) in [6.45, 7) is 12.2. The maximum atomic E-state index is 13.0. The van der Waals surface area contributed by atoms with Crippen LogP contribution in [0.1, 0.15) is 68.8 Å². The van der Waals surface area contributed by atoms with Crippen molar-refractivity contribution in [3.05, 3.63) is 70.2 Å². The van der Waals surface area contributed by atoms with E-state index in [4.69, 9.17) is 0 Å². The molecule has 1 aliphatic rings. The summed E-state index contributed by atoms with van der Waals surface area (Å²) in [5, 5.41) is 1.29. The van der Waals surface area contributed by atoms with Crippen LogP contribution in [0.5, 0.6) is 0 Å². The highest BCUT2D eigenvalue weighted by molar-refractivity contribution is 5.92. The van der Waals surface area contributed by atoms with Gasteiger partial charge in [-0.1, -0.05) is 26.8 Å². The molecule has 0 spiro atoms. The van der Waals surface area contributed by atoms with Crippen molar-refractivity contribution in [2.75, 3.05) is 19.6 Å². The van der Waals surface area contributed by atoms with Gasteiger partial charge in [-0.25, -0.2) is 9.97 Å². The van der Waals surface area contributed by atoms with Gasteiger partial charge >= 0.3 is 0 Å². The normalized spacial score (nSPS) is 15.3. The molecule has 0 aliphatic carbocycles. The van der Waals surface area contributed by atoms with Crippen molar-refractivity contribution in [1.82, 2.24) is 24.4 Å². The van der Waals surface area contributed by atoms with Crippen LogP contribution in [-0.2, 0) is 7.05 Å². The lowest BCUT2D eigenvalue weighted by molar-refractivity contribution is 0.213. The lowest BCUT2D eigenvalue weighted by atomic mass is 9.87. The molecule has 0 radical (unpaired) electrons. The highest BCUT2D eigenvalue weighted by atomic mass is 16.1. The number of nitrogens with one attached hydrogen (secondary N) is 1. The number of hydrogen-bond acceptors (Lipinski definition) is 4. The second kappa shape index (κ2) is 10.0. The maximum absolute atomic E-state index is 13.0. The summed E-state index contributed by atoms with van der Waals surface area (Å²) < 4.78 is 1.66. The van der Waals surface area contributed by atoms with Crippen molar-refractivity contribution >= 4 is 10.9 Å². The molecule has 3 aromatic heterocycles. The average molecular weight is 484 g/mol. The van der Waals surface area contributed by atoms with Crippen molar-refractivity contribution in [2.45, 2.75) is 58.8 Å². The number of aromatic amines is 1. The van der Waals surface area contributed by atoms with Crippen molar-refractivity contribution in [1.29, 1.82) is 0 Å². The van der Waals surface area contributed by atoms with E-state index in [1.807, 2.05) is 26.2 Å². The molecule has 0 atom stereocenters. The van der Waals surface area contributed by atoms with Gasteiger partial charge in [-0.15, -0.1) is 0 Å². The van der Waals surface area contributed by atoms with E-state index in [0.29, 0.717) is 23.2 Å². The SMILES string of the molecule is CCCN1CCC(c2ccc3[nH]c(-c4cc(-c5cnc(C)nc5)c(=O)n(C)c4)c(C(C)C)c3c2)CC1. The van der Waals surface area contributed by atoms with Gasteiger partial charge in [-0.05, 0) is 87.0 Å². The Morgan fingerprint density at radius 1 is 1.08 bits per heavy atom. The van der Waals surface area contributed by atoms with Crippen molar-refractivity contribution in [2.24, 2.45) is 7.05 Å². The number of fused-ring (bicyclic) bond motifs is 1. The summed E-state index contributed by atoms with van der Waals surface area (Å²) in [5.41, 5.74) is 7.29. The first-order chi connectivity index (χ1) is 17.4. The van der Waals surface area contributed by atoms with Gasteiger partial charge in [0.2, 0.25) is 0 Å². The Kier molecular flexibility index (Phi) is 6.80. The summed E-state index contributed by atoms with van der Waals surface area (Å²) in [6, 6.07) is 8.96. The van der Waals surface area contributed by atoms with Crippen molar-refractivity contribution in [3.8, 4) is 22.4 Å². The van der Waals surface area contributed by atoms with Crippen LogP contribution in [0.3, 0.4) is 0 Å².